The first-order chi connectivity index (χ1) is 11.9. The number of fused-ring (bicyclic) bond motifs is 1. The molecule has 0 fully saturated rings. The summed E-state index contributed by atoms with van der Waals surface area (Å²) in [6, 6.07) is 3.10. The highest BCUT2D eigenvalue weighted by Gasteiger charge is 2.44. The summed E-state index contributed by atoms with van der Waals surface area (Å²) in [5.41, 5.74) is 0.514. The Hall–Kier alpha value is -2.41. The molecule has 1 aliphatic rings. The molecule has 7 heteroatoms. The van der Waals surface area contributed by atoms with E-state index in [1.807, 2.05) is 19.1 Å². The summed E-state index contributed by atoms with van der Waals surface area (Å²) in [5, 5.41) is 0.449. The van der Waals surface area contributed by atoms with E-state index in [-0.39, 0.29) is 17.1 Å². The summed E-state index contributed by atoms with van der Waals surface area (Å²) in [6.45, 7) is 3.68. The number of allylic oxidation sites excluding steroid dienone is 3. The zero-order valence-electron chi connectivity index (χ0n) is 14.3. The van der Waals surface area contributed by atoms with Crippen LogP contribution in [0.5, 0.6) is 0 Å². The van der Waals surface area contributed by atoms with E-state index in [0.29, 0.717) is 11.8 Å². The van der Waals surface area contributed by atoms with Crippen molar-refractivity contribution in [3.63, 3.8) is 0 Å². The molecule has 0 bridgehead atoms. The lowest BCUT2D eigenvalue weighted by Gasteiger charge is -2.34. The Kier molecular flexibility index (Phi) is 4.28. The number of carbonyl (C=O) groups is 1. The summed E-state index contributed by atoms with van der Waals surface area (Å²) >= 11 is 0. The quantitative estimate of drug-likeness (QED) is 0.784. The second kappa shape index (κ2) is 6.15. The maximum absolute atomic E-state index is 13.4. The third-order valence-corrected chi connectivity index (χ3v) is 7.20. The van der Waals surface area contributed by atoms with E-state index in [2.05, 4.69) is 4.98 Å². The summed E-state index contributed by atoms with van der Waals surface area (Å²) in [7, 11) is -2.51. The third-order valence-electron chi connectivity index (χ3n) is 4.83. The molecule has 0 radical (unpaired) electrons. The number of esters is 1. The lowest BCUT2D eigenvalue weighted by Crippen LogP contribution is -2.44. The molecule has 0 N–H and O–H groups in total. The van der Waals surface area contributed by atoms with E-state index in [9.17, 15) is 13.2 Å². The molecule has 0 aliphatic heterocycles. The van der Waals surface area contributed by atoms with Crippen molar-refractivity contribution in [1.82, 2.24) is 8.96 Å². The number of carbonyl (C=O) groups excluding carboxylic acids is 1. The van der Waals surface area contributed by atoms with Crippen molar-refractivity contribution in [2.45, 2.75) is 25.0 Å². The standard InChI is InChI=1S/C18H20N2O4S/c1-4-13-7-5-6-10-18(13,2)25(22,23)20-12-9-14-15(17(21)24-3)8-11-19-16(14)20/h5-13H,4H2,1-3H3. The van der Waals surface area contributed by atoms with Crippen LogP contribution in [0.15, 0.2) is 48.8 Å². The minimum absolute atomic E-state index is 0.149. The number of aromatic nitrogens is 2. The second-order valence-corrected chi connectivity index (χ2v) is 8.37. The molecule has 2 atom stereocenters. The number of hydrogen-bond acceptors (Lipinski definition) is 5. The zero-order chi connectivity index (χ0) is 18.2. The number of methoxy groups -OCH3 is 1. The molecule has 2 heterocycles. The van der Waals surface area contributed by atoms with Crippen LogP contribution in [0, 0.1) is 5.92 Å². The molecule has 6 nitrogen and oxygen atoms in total. The van der Waals surface area contributed by atoms with Gasteiger partial charge in [-0.1, -0.05) is 31.2 Å². The highest BCUT2D eigenvalue weighted by Crippen LogP contribution is 2.37. The smallest absolute Gasteiger partial charge is 0.338 e. The van der Waals surface area contributed by atoms with Gasteiger partial charge in [0.25, 0.3) is 0 Å². The Balaban J connectivity index is 2.21. The third kappa shape index (κ3) is 2.50. The molecular weight excluding hydrogens is 340 g/mol. The highest BCUT2D eigenvalue weighted by molar-refractivity contribution is 7.91. The summed E-state index contributed by atoms with van der Waals surface area (Å²) in [5.74, 6) is -0.676. The van der Waals surface area contributed by atoms with Crippen LogP contribution < -0.4 is 0 Å². The predicted molar refractivity (Wildman–Crippen MR) is 95.9 cm³/mol. The predicted octanol–water partition coefficient (Wildman–Crippen LogP) is 2.91. The first-order valence-corrected chi connectivity index (χ1v) is 9.46. The highest BCUT2D eigenvalue weighted by atomic mass is 32.2. The lowest BCUT2D eigenvalue weighted by molar-refractivity contribution is 0.0603. The molecule has 1 aliphatic carbocycles. The normalized spacial score (nSPS) is 23.1. The summed E-state index contributed by atoms with van der Waals surface area (Å²) < 4.78 is 31.7. The topological polar surface area (TPSA) is 78.3 Å². The van der Waals surface area contributed by atoms with E-state index >= 15 is 0 Å². The van der Waals surface area contributed by atoms with E-state index in [1.54, 1.807) is 25.1 Å². The molecule has 0 saturated heterocycles. The van der Waals surface area contributed by atoms with E-state index in [0.717, 1.165) is 0 Å². The Morgan fingerprint density at radius 2 is 2.12 bits per heavy atom. The van der Waals surface area contributed by atoms with Crippen molar-refractivity contribution in [3.8, 4) is 0 Å². The average Bonchev–Trinajstić information content (AvgIpc) is 3.06. The van der Waals surface area contributed by atoms with Crippen LogP contribution in [0.3, 0.4) is 0 Å². The molecule has 2 aromatic rings. The van der Waals surface area contributed by atoms with Gasteiger partial charge in [-0.05, 0) is 25.5 Å². The van der Waals surface area contributed by atoms with Crippen molar-refractivity contribution >= 4 is 27.0 Å². The van der Waals surface area contributed by atoms with Crippen LogP contribution >= 0.6 is 0 Å². The van der Waals surface area contributed by atoms with Crippen LogP contribution in [-0.4, -0.2) is 35.2 Å². The lowest BCUT2D eigenvalue weighted by atomic mass is 9.87. The van der Waals surface area contributed by atoms with Gasteiger partial charge in [-0.25, -0.2) is 22.2 Å². The van der Waals surface area contributed by atoms with Gasteiger partial charge in [0.2, 0.25) is 10.0 Å². The van der Waals surface area contributed by atoms with Crippen molar-refractivity contribution in [1.29, 1.82) is 0 Å². The molecule has 25 heavy (non-hydrogen) atoms. The minimum Gasteiger partial charge on any atom is -0.465 e. The molecule has 0 saturated carbocycles. The number of rotatable bonds is 4. The SMILES string of the molecule is CCC1C=CC=CC1(C)S(=O)(=O)n1ccc2c(C(=O)OC)ccnc21. The summed E-state index contributed by atoms with van der Waals surface area (Å²) in [4.78, 5) is 16.1. The minimum atomic E-state index is -3.79. The Morgan fingerprint density at radius 1 is 1.36 bits per heavy atom. The van der Waals surface area contributed by atoms with Gasteiger partial charge in [-0.15, -0.1) is 0 Å². The molecule has 2 unspecified atom stereocenters. The molecular formula is C18H20N2O4S. The average molecular weight is 360 g/mol. The van der Waals surface area contributed by atoms with Gasteiger partial charge in [0.1, 0.15) is 4.75 Å². The van der Waals surface area contributed by atoms with Crippen molar-refractivity contribution in [2.24, 2.45) is 5.92 Å². The molecule has 2 aromatic heterocycles. The maximum atomic E-state index is 13.4. The van der Waals surface area contributed by atoms with Crippen molar-refractivity contribution < 1.29 is 17.9 Å². The van der Waals surface area contributed by atoms with Crippen LogP contribution in [-0.2, 0) is 14.8 Å². The zero-order valence-corrected chi connectivity index (χ0v) is 15.2. The molecule has 0 aromatic carbocycles. The molecule has 132 valence electrons. The largest absolute Gasteiger partial charge is 0.465 e. The molecule has 3 rings (SSSR count). The Labute approximate surface area is 146 Å². The van der Waals surface area contributed by atoms with Crippen LogP contribution in [0.1, 0.15) is 30.6 Å². The van der Waals surface area contributed by atoms with Crippen molar-refractivity contribution in [3.05, 3.63) is 54.4 Å². The van der Waals surface area contributed by atoms with Gasteiger partial charge in [0.15, 0.2) is 5.65 Å². The fourth-order valence-electron chi connectivity index (χ4n) is 3.29. The van der Waals surface area contributed by atoms with E-state index < -0.39 is 20.7 Å². The fourth-order valence-corrected chi connectivity index (χ4v) is 5.18. The monoisotopic (exact) mass is 360 g/mol. The van der Waals surface area contributed by atoms with Gasteiger partial charge >= 0.3 is 5.97 Å². The number of hydrogen-bond donors (Lipinski definition) is 0. The Morgan fingerprint density at radius 3 is 2.80 bits per heavy atom. The maximum Gasteiger partial charge on any atom is 0.338 e. The van der Waals surface area contributed by atoms with Gasteiger partial charge in [-0.2, -0.15) is 0 Å². The number of nitrogens with zero attached hydrogens (tertiary/aromatic N) is 2. The van der Waals surface area contributed by atoms with E-state index in [1.165, 1.54) is 29.5 Å². The van der Waals surface area contributed by atoms with Crippen molar-refractivity contribution in [2.75, 3.05) is 7.11 Å². The number of pyridine rings is 1. The molecule has 0 amide bonds. The summed E-state index contributed by atoms with van der Waals surface area (Å²) in [6.07, 6.45) is 10.8. The van der Waals surface area contributed by atoms with Gasteiger partial charge in [0, 0.05) is 23.7 Å². The van der Waals surface area contributed by atoms with Gasteiger partial charge < -0.3 is 4.74 Å². The first kappa shape index (κ1) is 17.4. The molecule has 0 spiro atoms. The second-order valence-electron chi connectivity index (χ2n) is 6.15. The van der Waals surface area contributed by atoms with E-state index in [4.69, 9.17) is 4.74 Å². The number of ether oxygens (including phenoxy) is 1. The first-order valence-electron chi connectivity index (χ1n) is 8.02. The van der Waals surface area contributed by atoms with Crippen LogP contribution in [0.2, 0.25) is 0 Å². The van der Waals surface area contributed by atoms with Gasteiger partial charge in [-0.3, -0.25) is 0 Å². The van der Waals surface area contributed by atoms with Gasteiger partial charge in [0.05, 0.1) is 12.7 Å². The Bertz CT molecular complexity index is 988. The van der Waals surface area contributed by atoms with Crippen LogP contribution in [0.25, 0.3) is 11.0 Å². The van der Waals surface area contributed by atoms with Crippen LogP contribution in [0.4, 0.5) is 0 Å². The fraction of sp³-hybridized carbons (Fsp3) is 0.333.